The molecule has 1 aliphatic carbocycles. The number of carbonyl (C=O) groups excluding carboxylic acids is 2. The van der Waals surface area contributed by atoms with Gasteiger partial charge < -0.3 is 14.4 Å². The molecular formula is C30H35ClN2O6S. The summed E-state index contributed by atoms with van der Waals surface area (Å²) in [5, 5.41) is 0.680. The summed E-state index contributed by atoms with van der Waals surface area (Å²) in [6, 6.07) is 10.5. The summed E-state index contributed by atoms with van der Waals surface area (Å²) in [5.41, 5.74) is 1.36. The predicted octanol–water partition coefficient (Wildman–Crippen LogP) is 4.83. The first-order chi connectivity index (χ1) is 19.0. The van der Waals surface area contributed by atoms with E-state index in [0.29, 0.717) is 36.2 Å². The third kappa shape index (κ3) is 6.21. The lowest BCUT2D eigenvalue weighted by atomic mass is 9.71. The number of benzene rings is 2. The number of ketones is 1. The Balaban J connectivity index is 1.56. The van der Waals surface area contributed by atoms with Crippen LogP contribution in [-0.4, -0.2) is 45.4 Å². The molecule has 2 bridgehead atoms. The van der Waals surface area contributed by atoms with E-state index in [1.54, 1.807) is 18.2 Å². The molecule has 0 saturated heterocycles. The molecule has 1 N–H and O–H groups in total. The van der Waals surface area contributed by atoms with Crippen LogP contribution in [0.3, 0.4) is 0 Å². The molecule has 8 nitrogen and oxygen atoms in total. The lowest BCUT2D eigenvalue weighted by Crippen LogP contribution is -2.46. The van der Waals surface area contributed by atoms with Crippen LogP contribution in [0.15, 0.2) is 53.4 Å². The summed E-state index contributed by atoms with van der Waals surface area (Å²) in [4.78, 5) is 28.0. The molecule has 2 aliphatic heterocycles. The van der Waals surface area contributed by atoms with E-state index in [-0.39, 0.29) is 29.1 Å². The lowest BCUT2D eigenvalue weighted by molar-refractivity contribution is -0.139. The maximum absolute atomic E-state index is 13.4. The molecule has 0 spiro atoms. The van der Waals surface area contributed by atoms with Crippen molar-refractivity contribution in [3.63, 3.8) is 0 Å². The van der Waals surface area contributed by atoms with E-state index >= 15 is 0 Å². The van der Waals surface area contributed by atoms with Gasteiger partial charge in [0, 0.05) is 24.0 Å². The van der Waals surface area contributed by atoms with Crippen molar-refractivity contribution in [1.82, 2.24) is 4.72 Å². The minimum absolute atomic E-state index is 0.0134. The number of ether oxygens (including phenoxy) is 2. The SMILES string of the molecule is CC1(C)OC/C=C/C(=O)[C@@H]2CC[C@H]2CN2CCCCc3cc(Cl)ccc3COc3ccc(cc32)S(=O)(=O)NC1=O. The Hall–Kier alpha value is -2.88. The van der Waals surface area contributed by atoms with E-state index in [1.807, 2.05) is 18.2 Å². The molecule has 0 aromatic heterocycles. The first-order valence-corrected chi connectivity index (χ1v) is 15.6. The van der Waals surface area contributed by atoms with Gasteiger partial charge in [-0.05, 0) is 99.4 Å². The Kier molecular flexibility index (Phi) is 8.27. The van der Waals surface area contributed by atoms with Gasteiger partial charge in [0.25, 0.3) is 15.9 Å². The number of sulfonamides is 1. The summed E-state index contributed by atoms with van der Waals surface area (Å²) < 4.78 is 40.8. The summed E-state index contributed by atoms with van der Waals surface area (Å²) in [6.45, 7) is 4.57. The summed E-state index contributed by atoms with van der Waals surface area (Å²) in [6.07, 6.45) is 7.47. The molecule has 5 rings (SSSR count). The second kappa shape index (κ2) is 11.5. The number of anilines is 1. The summed E-state index contributed by atoms with van der Waals surface area (Å²) in [5.74, 6) is -0.178. The number of carbonyl (C=O) groups is 2. The van der Waals surface area contributed by atoms with Crippen molar-refractivity contribution in [2.24, 2.45) is 11.8 Å². The molecule has 2 aromatic carbocycles. The zero-order valence-electron chi connectivity index (χ0n) is 22.8. The minimum Gasteiger partial charge on any atom is -0.487 e. The van der Waals surface area contributed by atoms with Crippen LogP contribution in [0.1, 0.15) is 50.7 Å². The van der Waals surface area contributed by atoms with Crippen molar-refractivity contribution < 1.29 is 27.5 Å². The van der Waals surface area contributed by atoms with Crippen molar-refractivity contribution in [3.05, 3.63) is 64.7 Å². The highest BCUT2D eigenvalue weighted by molar-refractivity contribution is 7.90. The van der Waals surface area contributed by atoms with Crippen LogP contribution in [-0.2, 0) is 37.4 Å². The number of nitrogens with one attached hydrogen (secondary N) is 1. The number of halogens is 1. The van der Waals surface area contributed by atoms with E-state index in [9.17, 15) is 18.0 Å². The van der Waals surface area contributed by atoms with Crippen molar-refractivity contribution in [2.75, 3.05) is 24.6 Å². The van der Waals surface area contributed by atoms with E-state index in [4.69, 9.17) is 21.1 Å². The number of rotatable bonds is 0. The molecule has 1 fully saturated rings. The van der Waals surface area contributed by atoms with Crippen LogP contribution in [0.5, 0.6) is 5.75 Å². The average molecular weight is 587 g/mol. The lowest BCUT2D eigenvalue weighted by Gasteiger charge is -2.40. The van der Waals surface area contributed by atoms with Gasteiger partial charge in [-0.15, -0.1) is 0 Å². The van der Waals surface area contributed by atoms with E-state index in [2.05, 4.69) is 9.62 Å². The molecule has 214 valence electrons. The van der Waals surface area contributed by atoms with Gasteiger partial charge >= 0.3 is 0 Å². The molecule has 2 atom stereocenters. The van der Waals surface area contributed by atoms with Crippen LogP contribution >= 0.6 is 11.6 Å². The van der Waals surface area contributed by atoms with Gasteiger partial charge in [0.2, 0.25) is 0 Å². The molecule has 1 saturated carbocycles. The first-order valence-electron chi connectivity index (χ1n) is 13.7. The second-order valence-electron chi connectivity index (χ2n) is 11.2. The molecule has 0 unspecified atom stereocenters. The fourth-order valence-electron chi connectivity index (χ4n) is 5.44. The maximum Gasteiger partial charge on any atom is 0.265 e. The Labute approximate surface area is 240 Å². The van der Waals surface area contributed by atoms with Crippen LogP contribution in [0.4, 0.5) is 5.69 Å². The van der Waals surface area contributed by atoms with Crippen molar-refractivity contribution >= 4 is 39.0 Å². The number of allylic oxidation sites excluding steroid dienone is 1. The van der Waals surface area contributed by atoms with Crippen LogP contribution in [0.2, 0.25) is 5.02 Å². The van der Waals surface area contributed by atoms with Gasteiger partial charge in [0.1, 0.15) is 18.0 Å². The maximum atomic E-state index is 13.4. The van der Waals surface area contributed by atoms with Crippen LogP contribution in [0.25, 0.3) is 0 Å². The van der Waals surface area contributed by atoms with Gasteiger partial charge in [-0.1, -0.05) is 23.7 Å². The highest BCUT2D eigenvalue weighted by Crippen LogP contribution is 2.40. The molecule has 0 radical (unpaired) electrons. The molecule has 40 heavy (non-hydrogen) atoms. The van der Waals surface area contributed by atoms with Crippen molar-refractivity contribution in [1.29, 1.82) is 0 Å². The second-order valence-corrected chi connectivity index (χ2v) is 13.4. The zero-order chi connectivity index (χ0) is 28.5. The third-order valence-corrected chi connectivity index (χ3v) is 9.66. The smallest absolute Gasteiger partial charge is 0.265 e. The van der Waals surface area contributed by atoms with Crippen molar-refractivity contribution in [2.45, 2.75) is 63.1 Å². The number of aryl methyl sites for hydroxylation is 1. The average Bonchev–Trinajstić information content (AvgIpc) is 2.91. The predicted molar refractivity (Wildman–Crippen MR) is 153 cm³/mol. The highest BCUT2D eigenvalue weighted by Gasteiger charge is 2.37. The highest BCUT2D eigenvalue weighted by atomic mass is 35.5. The quantitative estimate of drug-likeness (QED) is 0.472. The fourth-order valence-corrected chi connectivity index (χ4v) is 6.76. The molecule has 2 aromatic rings. The van der Waals surface area contributed by atoms with Crippen molar-refractivity contribution in [3.8, 4) is 5.75 Å². The zero-order valence-corrected chi connectivity index (χ0v) is 24.4. The van der Waals surface area contributed by atoms with Gasteiger partial charge in [-0.3, -0.25) is 9.59 Å². The molecule has 1 amide bonds. The number of nitrogens with zero attached hydrogens (tertiary/aromatic N) is 1. The minimum atomic E-state index is -4.20. The van der Waals surface area contributed by atoms with E-state index in [0.717, 1.165) is 43.2 Å². The van der Waals surface area contributed by atoms with Crippen LogP contribution < -0.4 is 14.4 Å². The number of amides is 1. The largest absolute Gasteiger partial charge is 0.487 e. The standard InChI is InChI=1S/C30H35ClN2O6S/c1-30(2)29(35)32-40(36,37)24-11-13-28-26(17-24)33(18-21-9-12-25(21)27(34)7-5-15-39-30)14-4-3-6-20-16-23(31)10-8-22(20)19-38-28/h5,7-8,10-11,13,16-17,21,25H,3-4,6,9,12,14-15,18-19H2,1-2H3,(H,32,35)/b7-5+/t21-,25+/m0/s1. The normalized spacial score (nSPS) is 25.6. The number of hydrogen-bond donors (Lipinski definition) is 1. The Morgan fingerprint density at radius 1 is 1.05 bits per heavy atom. The number of hydrogen-bond acceptors (Lipinski definition) is 7. The van der Waals surface area contributed by atoms with Gasteiger partial charge in [0.05, 0.1) is 17.2 Å². The van der Waals surface area contributed by atoms with Crippen LogP contribution in [0, 0.1) is 11.8 Å². The Bertz CT molecular complexity index is 1440. The number of fused-ring (bicyclic) bond motifs is 3. The molecule has 3 aliphatic rings. The fraction of sp³-hybridized carbons (Fsp3) is 0.467. The summed E-state index contributed by atoms with van der Waals surface area (Å²) >= 11 is 6.27. The topological polar surface area (TPSA) is 102 Å². The third-order valence-electron chi connectivity index (χ3n) is 8.09. The van der Waals surface area contributed by atoms with Gasteiger partial charge in [-0.25, -0.2) is 13.1 Å². The first kappa shape index (κ1) is 28.6. The van der Waals surface area contributed by atoms with E-state index < -0.39 is 21.5 Å². The van der Waals surface area contributed by atoms with Gasteiger partial charge in [0.15, 0.2) is 5.78 Å². The molecule has 10 heteroatoms. The summed E-state index contributed by atoms with van der Waals surface area (Å²) in [7, 11) is -4.20. The Morgan fingerprint density at radius 3 is 2.65 bits per heavy atom. The van der Waals surface area contributed by atoms with E-state index in [1.165, 1.54) is 26.0 Å². The Morgan fingerprint density at radius 2 is 1.88 bits per heavy atom. The monoisotopic (exact) mass is 586 g/mol. The molecule has 2 heterocycles. The molecular weight excluding hydrogens is 552 g/mol. The van der Waals surface area contributed by atoms with Gasteiger partial charge in [-0.2, -0.15) is 0 Å².